The molecule has 0 bridgehead atoms. The summed E-state index contributed by atoms with van der Waals surface area (Å²) in [6, 6.07) is 24.6. The van der Waals surface area contributed by atoms with Crippen molar-refractivity contribution >= 4 is 11.8 Å². The average molecular weight is 440 g/mol. The van der Waals surface area contributed by atoms with Crippen molar-refractivity contribution in [3.05, 3.63) is 102 Å². The molecule has 4 rings (SSSR count). The van der Waals surface area contributed by atoms with Crippen LogP contribution in [0.5, 0.6) is 0 Å². The number of nitrogens with zero attached hydrogens (tertiary/aromatic N) is 2. The highest BCUT2D eigenvalue weighted by molar-refractivity contribution is 5.89. The van der Waals surface area contributed by atoms with Gasteiger partial charge in [0, 0.05) is 25.3 Å². The Kier molecular flexibility index (Phi) is 6.46. The number of ether oxygens (including phenoxy) is 1. The Morgan fingerprint density at radius 2 is 1.38 bits per heavy atom. The van der Waals surface area contributed by atoms with Crippen LogP contribution < -0.4 is 4.90 Å². The molecular formula is C25H23F3N2O2. The molecule has 7 heteroatoms. The number of cyclic esters (lactones) is 1. The third-order valence-electron chi connectivity index (χ3n) is 5.34. The number of carbonyl (C=O) groups excluding carboxylic acids is 1. The lowest BCUT2D eigenvalue weighted by molar-refractivity contribution is -0.137. The van der Waals surface area contributed by atoms with Crippen molar-refractivity contribution in [2.24, 2.45) is 0 Å². The summed E-state index contributed by atoms with van der Waals surface area (Å²) >= 11 is 0. The van der Waals surface area contributed by atoms with Gasteiger partial charge in [0.15, 0.2) is 0 Å². The van der Waals surface area contributed by atoms with Crippen LogP contribution in [-0.2, 0) is 24.0 Å². The van der Waals surface area contributed by atoms with E-state index in [1.165, 1.54) is 17.0 Å². The highest BCUT2D eigenvalue weighted by Gasteiger charge is 2.35. The molecule has 0 radical (unpaired) electrons. The number of amides is 1. The number of carbonyl (C=O) groups is 1. The maximum atomic E-state index is 12.8. The Labute approximate surface area is 184 Å². The number of anilines is 1. The van der Waals surface area contributed by atoms with Gasteiger partial charge in [-0.25, -0.2) is 4.79 Å². The highest BCUT2D eigenvalue weighted by Crippen LogP contribution is 2.31. The molecule has 0 aliphatic carbocycles. The number of benzene rings is 3. The predicted octanol–water partition coefficient (Wildman–Crippen LogP) is 5.73. The Balaban J connectivity index is 1.45. The van der Waals surface area contributed by atoms with Crippen LogP contribution in [0.15, 0.2) is 84.9 Å². The van der Waals surface area contributed by atoms with Crippen LogP contribution in [0.1, 0.15) is 16.7 Å². The Morgan fingerprint density at radius 3 is 1.88 bits per heavy atom. The van der Waals surface area contributed by atoms with Crippen molar-refractivity contribution in [2.45, 2.75) is 25.4 Å². The first-order valence-corrected chi connectivity index (χ1v) is 10.3. The van der Waals surface area contributed by atoms with Gasteiger partial charge in [0.25, 0.3) is 0 Å². The van der Waals surface area contributed by atoms with E-state index in [1.807, 2.05) is 60.7 Å². The zero-order chi connectivity index (χ0) is 22.6. The molecule has 4 nitrogen and oxygen atoms in total. The molecular weight excluding hydrogens is 417 g/mol. The maximum Gasteiger partial charge on any atom is 0.416 e. The number of alkyl halides is 3. The second-order valence-corrected chi connectivity index (χ2v) is 7.80. The fourth-order valence-corrected chi connectivity index (χ4v) is 3.81. The van der Waals surface area contributed by atoms with E-state index in [0.29, 0.717) is 25.3 Å². The molecule has 1 aliphatic heterocycles. The van der Waals surface area contributed by atoms with E-state index in [-0.39, 0.29) is 6.54 Å². The molecule has 1 fully saturated rings. The van der Waals surface area contributed by atoms with Crippen LogP contribution in [0, 0.1) is 0 Å². The van der Waals surface area contributed by atoms with Crippen LogP contribution in [0.4, 0.5) is 23.7 Å². The Hall–Kier alpha value is -3.32. The molecule has 1 amide bonds. The van der Waals surface area contributed by atoms with Gasteiger partial charge >= 0.3 is 12.3 Å². The largest absolute Gasteiger partial charge is 0.443 e. The van der Waals surface area contributed by atoms with Crippen LogP contribution in [0.2, 0.25) is 0 Å². The quantitative estimate of drug-likeness (QED) is 0.470. The molecule has 0 saturated carbocycles. The topological polar surface area (TPSA) is 32.8 Å². The summed E-state index contributed by atoms with van der Waals surface area (Å²) in [5.41, 5.74) is 1.94. The van der Waals surface area contributed by atoms with Gasteiger partial charge in [-0.15, -0.1) is 0 Å². The van der Waals surface area contributed by atoms with Gasteiger partial charge in [-0.1, -0.05) is 60.7 Å². The summed E-state index contributed by atoms with van der Waals surface area (Å²) in [5, 5.41) is 0. The highest BCUT2D eigenvalue weighted by atomic mass is 19.4. The van der Waals surface area contributed by atoms with Gasteiger partial charge in [0.2, 0.25) is 0 Å². The smallest absolute Gasteiger partial charge is 0.416 e. The Bertz CT molecular complexity index is 983. The van der Waals surface area contributed by atoms with E-state index in [0.717, 1.165) is 23.3 Å². The van der Waals surface area contributed by atoms with Crippen molar-refractivity contribution in [2.75, 3.05) is 18.0 Å². The summed E-state index contributed by atoms with van der Waals surface area (Å²) in [4.78, 5) is 16.0. The first-order valence-electron chi connectivity index (χ1n) is 10.3. The van der Waals surface area contributed by atoms with Crippen molar-refractivity contribution in [3.8, 4) is 0 Å². The second kappa shape index (κ2) is 9.44. The predicted molar refractivity (Wildman–Crippen MR) is 116 cm³/mol. The van der Waals surface area contributed by atoms with E-state index in [1.54, 1.807) is 0 Å². The lowest BCUT2D eigenvalue weighted by Gasteiger charge is -2.25. The SMILES string of the molecule is O=C1O[C@H](CN(Cc2ccccc2)Cc2ccccc2)CN1c1ccc(C(F)(F)F)cc1. The summed E-state index contributed by atoms with van der Waals surface area (Å²) < 4.78 is 44.0. The standard InChI is InChI=1S/C25H23F3N2O2/c26-25(27,28)21-11-13-22(14-12-21)30-18-23(32-24(30)31)17-29(15-19-7-3-1-4-8-19)16-20-9-5-2-6-10-20/h1-14,23H,15-18H2/t23-/m1/s1. The van der Waals surface area contributed by atoms with E-state index in [4.69, 9.17) is 4.74 Å². The van der Waals surface area contributed by atoms with E-state index in [2.05, 4.69) is 4.90 Å². The molecule has 0 aromatic heterocycles. The molecule has 1 saturated heterocycles. The lowest BCUT2D eigenvalue weighted by atomic mass is 10.1. The number of hydrogen-bond donors (Lipinski definition) is 0. The van der Waals surface area contributed by atoms with Crippen LogP contribution in [0.3, 0.4) is 0 Å². The third-order valence-corrected chi connectivity index (χ3v) is 5.34. The molecule has 0 unspecified atom stereocenters. The minimum atomic E-state index is -4.41. The second-order valence-electron chi connectivity index (χ2n) is 7.80. The molecule has 1 aliphatic rings. The van der Waals surface area contributed by atoms with E-state index in [9.17, 15) is 18.0 Å². The zero-order valence-corrected chi connectivity index (χ0v) is 17.3. The van der Waals surface area contributed by atoms with Gasteiger partial charge in [0.1, 0.15) is 6.10 Å². The Morgan fingerprint density at radius 1 is 0.844 bits per heavy atom. The summed E-state index contributed by atoms with van der Waals surface area (Å²) in [6.45, 7) is 2.16. The van der Waals surface area contributed by atoms with Crippen molar-refractivity contribution in [1.82, 2.24) is 4.90 Å². The molecule has 1 heterocycles. The molecule has 0 N–H and O–H groups in total. The third kappa shape index (κ3) is 5.48. The van der Waals surface area contributed by atoms with Gasteiger partial charge in [-0.3, -0.25) is 9.80 Å². The fourth-order valence-electron chi connectivity index (χ4n) is 3.81. The van der Waals surface area contributed by atoms with Gasteiger partial charge < -0.3 is 4.74 Å². The van der Waals surface area contributed by atoms with Crippen LogP contribution in [-0.4, -0.2) is 30.2 Å². The molecule has 0 spiro atoms. The zero-order valence-electron chi connectivity index (χ0n) is 17.3. The average Bonchev–Trinajstić information content (AvgIpc) is 3.14. The molecule has 32 heavy (non-hydrogen) atoms. The van der Waals surface area contributed by atoms with E-state index >= 15 is 0 Å². The normalized spacial score (nSPS) is 16.4. The van der Waals surface area contributed by atoms with Crippen LogP contribution >= 0.6 is 0 Å². The minimum absolute atomic E-state index is 0.282. The summed E-state index contributed by atoms with van der Waals surface area (Å²) in [6.07, 6.45) is -5.35. The van der Waals surface area contributed by atoms with Gasteiger partial charge in [0.05, 0.1) is 12.1 Å². The van der Waals surface area contributed by atoms with Gasteiger partial charge in [-0.05, 0) is 35.4 Å². The van der Waals surface area contributed by atoms with Gasteiger partial charge in [-0.2, -0.15) is 13.2 Å². The van der Waals surface area contributed by atoms with Crippen molar-refractivity contribution < 1.29 is 22.7 Å². The molecule has 3 aromatic carbocycles. The summed E-state index contributed by atoms with van der Waals surface area (Å²) in [7, 11) is 0. The van der Waals surface area contributed by atoms with Crippen molar-refractivity contribution in [3.63, 3.8) is 0 Å². The van der Waals surface area contributed by atoms with Crippen molar-refractivity contribution in [1.29, 1.82) is 0 Å². The lowest BCUT2D eigenvalue weighted by Crippen LogP contribution is -2.34. The molecule has 166 valence electrons. The fraction of sp³-hybridized carbons (Fsp3) is 0.240. The summed E-state index contributed by atoms with van der Waals surface area (Å²) in [5.74, 6) is 0. The number of halogens is 3. The monoisotopic (exact) mass is 440 g/mol. The minimum Gasteiger partial charge on any atom is -0.443 e. The number of rotatable bonds is 7. The van der Waals surface area contributed by atoms with Crippen LogP contribution in [0.25, 0.3) is 0 Å². The maximum absolute atomic E-state index is 12.8. The van der Waals surface area contributed by atoms with E-state index < -0.39 is 23.9 Å². The number of hydrogen-bond acceptors (Lipinski definition) is 3. The first-order chi connectivity index (χ1) is 15.4. The molecule has 3 aromatic rings. The first kappa shape index (κ1) is 21.9. The molecule has 1 atom stereocenters.